The van der Waals surface area contributed by atoms with Crippen LogP contribution in [0.1, 0.15) is 22.8 Å². The van der Waals surface area contributed by atoms with E-state index in [-0.39, 0.29) is 16.3 Å². The van der Waals surface area contributed by atoms with E-state index in [1.807, 2.05) is 11.0 Å². The van der Waals surface area contributed by atoms with Crippen LogP contribution in [0, 0.1) is 5.41 Å². The normalized spacial score (nSPS) is 14.1. The predicted octanol–water partition coefficient (Wildman–Crippen LogP) is 4.29. The first kappa shape index (κ1) is 31.0. The zero-order valence-corrected chi connectivity index (χ0v) is 25.9. The number of pyridine rings is 1. The lowest BCUT2D eigenvalue weighted by atomic mass is 9.82. The van der Waals surface area contributed by atoms with Gasteiger partial charge in [-0.05, 0) is 13.0 Å². The molecule has 5 rings (SSSR count). The van der Waals surface area contributed by atoms with Crippen molar-refractivity contribution in [3.63, 3.8) is 0 Å². The lowest BCUT2D eigenvalue weighted by Crippen LogP contribution is -2.58. The molecule has 11 nitrogen and oxygen atoms in total. The standard InChI is InChI=1S/C31H29Cl2N5O6/c1-31(29(41)42)15-38(16-31)13-17-12-34-23(11-24(17)44-4)20-9-5-7-18(25(20)32)19-8-6-10-22(26(19)33)35-27(39)21-14-36(2)30(43)37(3)28(21)40/h5-12,14H,13,15-16H2,1-4H3,(H,35,39)(H,41,42). The summed E-state index contributed by atoms with van der Waals surface area (Å²) in [5.41, 5.74) is 1.11. The average molecular weight is 639 g/mol. The summed E-state index contributed by atoms with van der Waals surface area (Å²) in [5.74, 6) is -0.943. The molecular weight excluding hydrogens is 609 g/mol. The van der Waals surface area contributed by atoms with Crippen LogP contribution in [0.15, 0.2) is 64.4 Å². The van der Waals surface area contributed by atoms with Gasteiger partial charge >= 0.3 is 11.7 Å². The highest BCUT2D eigenvalue weighted by molar-refractivity contribution is 6.39. The number of nitrogens with zero attached hydrogens (tertiary/aromatic N) is 4. The van der Waals surface area contributed by atoms with Crippen molar-refractivity contribution in [1.82, 2.24) is 19.0 Å². The summed E-state index contributed by atoms with van der Waals surface area (Å²) >= 11 is 13.7. The minimum atomic E-state index is -0.813. The van der Waals surface area contributed by atoms with Crippen molar-refractivity contribution in [2.45, 2.75) is 13.5 Å². The molecule has 2 N–H and O–H groups in total. The van der Waals surface area contributed by atoms with Crippen molar-refractivity contribution >= 4 is 40.8 Å². The molecule has 1 amide bonds. The van der Waals surface area contributed by atoms with Gasteiger partial charge in [-0.2, -0.15) is 0 Å². The highest BCUT2D eigenvalue weighted by Gasteiger charge is 2.45. The summed E-state index contributed by atoms with van der Waals surface area (Å²) in [4.78, 5) is 55.7. The van der Waals surface area contributed by atoms with Crippen molar-refractivity contribution in [3.05, 3.63) is 96.9 Å². The molecular formula is C31H29Cl2N5O6. The molecule has 1 aliphatic heterocycles. The number of carbonyl (C=O) groups is 2. The highest BCUT2D eigenvalue weighted by atomic mass is 35.5. The Hall–Kier alpha value is -4.45. The number of nitrogens with one attached hydrogen (secondary N) is 1. The number of methoxy groups -OCH3 is 1. The van der Waals surface area contributed by atoms with E-state index in [4.69, 9.17) is 27.9 Å². The van der Waals surface area contributed by atoms with Crippen LogP contribution >= 0.6 is 23.2 Å². The Morgan fingerprint density at radius 1 is 1.05 bits per heavy atom. The molecule has 2 aromatic heterocycles. The molecule has 0 aliphatic carbocycles. The van der Waals surface area contributed by atoms with Crippen molar-refractivity contribution in [1.29, 1.82) is 0 Å². The zero-order valence-electron chi connectivity index (χ0n) is 24.4. The average Bonchev–Trinajstić information content (AvgIpc) is 2.98. The molecule has 228 valence electrons. The lowest BCUT2D eigenvalue weighted by Gasteiger charge is -2.45. The van der Waals surface area contributed by atoms with Gasteiger partial charge in [0.25, 0.3) is 11.5 Å². The van der Waals surface area contributed by atoms with Crippen molar-refractivity contribution in [3.8, 4) is 28.1 Å². The Morgan fingerprint density at radius 2 is 1.68 bits per heavy atom. The van der Waals surface area contributed by atoms with Gasteiger partial charge in [-0.15, -0.1) is 0 Å². The summed E-state index contributed by atoms with van der Waals surface area (Å²) in [5, 5.41) is 12.6. The molecule has 0 bridgehead atoms. The van der Waals surface area contributed by atoms with Gasteiger partial charge in [0.2, 0.25) is 0 Å². The zero-order chi connectivity index (χ0) is 31.9. The Labute approximate surface area is 262 Å². The monoisotopic (exact) mass is 637 g/mol. The van der Waals surface area contributed by atoms with E-state index in [0.29, 0.717) is 52.8 Å². The van der Waals surface area contributed by atoms with Crippen LogP contribution in [-0.4, -0.2) is 56.2 Å². The fraction of sp³-hybridized carbons (Fsp3) is 0.258. The van der Waals surface area contributed by atoms with Crippen molar-refractivity contribution < 1.29 is 19.4 Å². The highest BCUT2D eigenvalue weighted by Crippen LogP contribution is 2.42. The first-order valence-electron chi connectivity index (χ1n) is 13.5. The van der Waals surface area contributed by atoms with Gasteiger partial charge in [-0.1, -0.05) is 53.5 Å². The number of benzene rings is 2. The number of rotatable bonds is 8. The van der Waals surface area contributed by atoms with Crippen LogP contribution in [0.25, 0.3) is 22.4 Å². The molecule has 0 spiro atoms. The van der Waals surface area contributed by atoms with Crippen LogP contribution < -0.4 is 21.3 Å². The van der Waals surface area contributed by atoms with E-state index in [9.17, 15) is 24.3 Å². The largest absolute Gasteiger partial charge is 0.496 e. The summed E-state index contributed by atoms with van der Waals surface area (Å²) in [6.45, 7) is 3.09. The maximum Gasteiger partial charge on any atom is 0.330 e. The second-order valence-corrected chi connectivity index (χ2v) is 11.7. The Bertz CT molecular complexity index is 1930. The summed E-state index contributed by atoms with van der Waals surface area (Å²) < 4.78 is 7.64. The molecule has 13 heteroatoms. The lowest BCUT2D eigenvalue weighted by molar-refractivity contribution is -0.158. The number of ether oxygens (including phenoxy) is 1. The molecule has 0 atom stereocenters. The van der Waals surface area contributed by atoms with Gasteiger partial charge in [0.05, 0.1) is 34.0 Å². The van der Waals surface area contributed by atoms with E-state index in [0.717, 1.165) is 14.7 Å². The third-order valence-electron chi connectivity index (χ3n) is 7.72. The summed E-state index contributed by atoms with van der Waals surface area (Å²) in [6.07, 6.45) is 2.88. The number of halogens is 2. The van der Waals surface area contributed by atoms with Gasteiger partial charge in [-0.25, -0.2) is 4.79 Å². The van der Waals surface area contributed by atoms with Crippen molar-refractivity contribution in [2.75, 3.05) is 25.5 Å². The van der Waals surface area contributed by atoms with E-state index in [2.05, 4.69) is 10.3 Å². The number of carboxylic acids is 1. The smallest absolute Gasteiger partial charge is 0.330 e. The third kappa shape index (κ3) is 5.61. The second kappa shape index (κ2) is 11.9. The number of hydrogen-bond acceptors (Lipinski definition) is 7. The van der Waals surface area contributed by atoms with Gasteiger partial charge in [0, 0.05) is 74.4 Å². The van der Waals surface area contributed by atoms with Crippen LogP contribution in [-0.2, 0) is 25.4 Å². The molecule has 0 unspecified atom stereocenters. The Morgan fingerprint density at radius 3 is 2.34 bits per heavy atom. The minimum absolute atomic E-state index is 0.199. The minimum Gasteiger partial charge on any atom is -0.496 e. The summed E-state index contributed by atoms with van der Waals surface area (Å²) in [7, 11) is 4.30. The fourth-order valence-electron chi connectivity index (χ4n) is 5.28. The number of hydrogen-bond donors (Lipinski definition) is 2. The molecule has 3 heterocycles. The van der Waals surface area contributed by atoms with Crippen molar-refractivity contribution in [2.24, 2.45) is 19.5 Å². The van der Waals surface area contributed by atoms with E-state index < -0.39 is 28.5 Å². The second-order valence-electron chi connectivity index (χ2n) is 11.0. The van der Waals surface area contributed by atoms with Gasteiger partial charge in [0.1, 0.15) is 11.3 Å². The van der Waals surface area contributed by atoms with Crippen LogP contribution in [0.2, 0.25) is 10.0 Å². The molecule has 1 saturated heterocycles. The molecule has 4 aromatic rings. The first-order chi connectivity index (χ1) is 20.8. The van der Waals surface area contributed by atoms with E-state index >= 15 is 0 Å². The number of aryl methyl sites for hydroxylation is 1. The number of carboxylic acid groups (broad SMARTS) is 1. The van der Waals surface area contributed by atoms with Crippen LogP contribution in [0.5, 0.6) is 5.75 Å². The maximum atomic E-state index is 13.0. The Kier molecular flexibility index (Phi) is 8.39. The van der Waals surface area contributed by atoms with Crippen LogP contribution in [0.3, 0.4) is 0 Å². The first-order valence-corrected chi connectivity index (χ1v) is 14.2. The number of aliphatic carboxylic acids is 1. The number of aromatic nitrogens is 3. The van der Waals surface area contributed by atoms with Gasteiger partial charge in [0.15, 0.2) is 0 Å². The molecule has 0 saturated carbocycles. The number of carbonyl (C=O) groups excluding carboxylic acids is 1. The molecule has 0 radical (unpaired) electrons. The van der Waals surface area contributed by atoms with E-state index in [1.165, 1.54) is 20.3 Å². The quantitative estimate of drug-likeness (QED) is 0.292. The van der Waals surface area contributed by atoms with Gasteiger partial charge < -0.3 is 19.7 Å². The topological polar surface area (TPSA) is 136 Å². The fourth-order valence-corrected chi connectivity index (χ4v) is 5.88. The summed E-state index contributed by atoms with van der Waals surface area (Å²) in [6, 6.07) is 12.2. The number of anilines is 1. The maximum absolute atomic E-state index is 13.0. The predicted molar refractivity (Wildman–Crippen MR) is 168 cm³/mol. The number of likely N-dealkylation sites (tertiary alicyclic amines) is 1. The Balaban J connectivity index is 1.43. The molecule has 1 fully saturated rings. The third-order valence-corrected chi connectivity index (χ3v) is 8.54. The van der Waals surface area contributed by atoms with Gasteiger partial charge in [-0.3, -0.25) is 28.8 Å². The van der Waals surface area contributed by atoms with Crippen LogP contribution in [0.4, 0.5) is 5.69 Å². The molecule has 1 aliphatic rings. The SMILES string of the molecule is COc1cc(-c2cccc(-c3cccc(NC(=O)c4cn(C)c(=O)n(C)c4=O)c3Cl)c2Cl)ncc1CN1CC(C)(C(=O)O)C1. The van der Waals surface area contributed by atoms with E-state index in [1.54, 1.807) is 56.6 Å². The number of amides is 1. The molecule has 2 aromatic carbocycles. The molecule has 44 heavy (non-hydrogen) atoms.